The van der Waals surface area contributed by atoms with Crippen LogP contribution in [0.2, 0.25) is 0 Å². The molecule has 0 aromatic heterocycles. The quantitative estimate of drug-likeness (QED) is 0.814. The molecule has 2 atom stereocenters. The lowest BCUT2D eigenvalue weighted by atomic mass is 9.96. The molecule has 0 radical (unpaired) electrons. The van der Waals surface area contributed by atoms with Gasteiger partial charge in [0, 0.05) is 35.1 Å². The molecule has 2 unspecified atom stereocenters. The van der Waals surface area contributed by atoms with Gasteiger partial charge in [0.1, 0.15) is 0 Å². The number of benzene rings is 1. The minimum atomic E-state index is -0.0976. The number of nitrogens with two attached hydrogens (primary N) is 1. The van der Waals surface area contributed by atoms with Gasteiger partial charge in [-0.3, -0.25) is 4.79 Å². The summed E-state index contributed by atoms with van der Waals surface area (Å²) in [5.74, 6) is 0.157. The molecule has 1 aliphatic rings. The molecule has 0 saturated carbocycles. The predicted octanol–water partition coefficient (Wildman–Crippen LogP) is 3.24. The van der Waals surface area contributed by atoms with Gasteiger partial charge < -0.3 is 15.4 Å². The maximum atomic E-state index is 12.4. The number of carbonyl (C=O) groups is 1. The van der Waals surface area contributed by atoms with Gasteiger partial charge in [-0.2, -0.15) is 0 Å². The summed E-state index contributed by atoms with van der Waals surface area (Å²) in [7, 11) is 1.65. The topological polar surface area (TPSA) is 55.6 Å². The molecule has 1 aromatic rings. The molecule has 0 bridgehead atoms. The van der Waals surface area contributed by atoms with Gasteiger partial charge in [0.05, 0.1) is 12.6 Å². The molecule has 1 fully saturated rings. The van der Waals surface area contributed by atoms with E-state index in [1.54, 1.807) is 7.11 Å². The number of rotatable bonds is 4. The Bertz CT molecular complexity index is 510. The van der Waals surface area contributed by atoms with Crippen molar-refractivity contribution in [3.63, 3.8) is 0 Å². The van der Waals surface area contributed by atoms with Gasteiger partial charge >= 0.3 is 0 Å². The highest BCUT2D eigenvalue weighted by molar-refractivity contribution is 9.13. The monoisotopic (exact) mass is 418 g/mol. The van der Waals surface area contributed by atoms with E-state index in [1.807, 2.05) is 23.1 Å². The molecule has 6 heteroatoms. The summed E-state index contributed by atoms with van der Waals surface area (Å²) in [6, 6.07) is 5.89. The molecule has 1 saturated heterocycles. The zero-order chi connectivity index (χ0) is 15.4. The van der Waals surface area contributed by atoms with Crippen molar-refractivity contribution in [2.75, 3.05) is 20.3 Å². The van der Waals surface area contributed by atoms with Crippen molar-refractivity contribution in [1.82, 2.24) is 4.90 Å². The summed E-state index contributed by atoms with van der Waals surface area (Å²) in [6.07, 6.45) is 2.26. The fraction of sp³-hybridized carbons (Fsp3) is 0.533. The summed E-state index contributed by atoms with van der Waals surface area (Å²) in [5.41, 5.74) is 7.42. The lowest BCUT2D eigenvalue weighted by Gasteiger charge is -2.34. The smallest absolute Gasteiger partial charge is 0.223 e. The van der Waals surface area contributed by atoms with E-state index < -0.39 is 0 Å². The van der Waals surface area contributed by atoms with Crippen molar-refractivity contribution in [3.8, 4) is 0 Å². The number of likely N-dealkylation sites (tertiary alicyclic amines) is 1. The Morgan fingerprint density at radius 3 is 2.81 bits per heavy atom. The normalized spacial score (nSPS) is 23.2. The van der Waals surface area contributed by atoms with Crippen LogP contribution in [0.1, 0.15) is 30.9 Å². The van der Waals surface area contributed by atoms with E-state index in [-0.39, 0.29) is 18.0 Å². The molecule has 1 heterocycles. The third-order valence-electron chi connectivity index (χ3n) is 3.81. The maximum Gasteiger partial charge on any atom is 0.223 e. The van der Waals surface area contributed by atoms with Crippen LogP contribution in [0.4, 0.5) is 0 Å². The van der Waals surface area contributed by atoms with E-state index >= 15 is 0 Å². The fourth-order valence-corrected chi connectivity index (χ4v) is 3.40. The largest absolute Gasteiger partial charge is 0.383 e. The molecule has 0 aliphatic carbocycles. The first-order valence-electron chi connectivity index (χ1n) is 7.03. The lowest BCUT2D eigenvalue weighted by Crippen LogP contribution is -2.43. The van der Waals surface area contributed by atoms with Crippen LogP contribution in [-0.2, 0) is 9.53 Å². The van der Waals surface area contributed by atoms with Gasteiger partial charge in [0.2, 0.25) is 5.91 Å². The van der Waals surface area contributed by atoms with Gasteiger partial charge in [0.25, 0.3) is 0 Å². The molecule has 2 rings (SSSR count). The van der Waals surface area contributed by atoms with Gasteiger partial charge in [-0.1, -0.05) is 6.07 Å². The molecular formula is C15H20Br2N2O2. The van der Waals surface area contributed by atoms with Crippen LogP contribution in [0.25, 0.3) is 0 Å². The highest BCUT2D eigenvalue weighted by atomic mass is 79.9. The number of halogens is 2. The molecule has 0 spiro atoms. The number of hydrogen-bond acceptors (Lipinski definition) is 3. The molecule has 1 aliphatic heterocycles. The van der Waals surface area contributed by atoms with Crippen LogP contribution in [0.5, 0.6) is 0 Å². The van der Waals surface area contributed by atoms with Gasteiger partial charge in [-0.05, 0) is 62.4 Å². The van der Waals surface area contributed by atoms with Crippen molar-refractivity contribution in [3.05, 3.63) is 32.7 Å². The first-order valence-corrected chi connectivity index (χ1v) is 8.62. The molecule has 116 valence electrons. The van der Waals surface area contributed by atoms with E-state index in [2.05, 4.69) is 31.9 Å². The minimum Gasteiger partial charge on any atom is -0.383 e. The Balaban J connectivity index is 2.36. The summed E-state index contributed by atoms with van der Waals surface area (Å²) in [6.45, 7) is 1.09. The second kappa shape index (κ2) is 7.72. The Morgan fingerprint density at radius 1 is 1.38 bits per heavy atom. The average Bonchev–Trinajstić information content (AvgIpc) is 2.59. The van der Waals surface area contributed by atoms with Crippen molar-refractivity contribution in [2.45, 2.75) is 31.3 Å². The number of carbonyl (C=O) groups excluding carboxylic acids is 1. The van der Waals surface area contributed by atoms with Gasteiger partial charge in [0.15, 0.2) is 0 Å². The third kappa shape index (κ3) is 4.06. The number of hydrogen-bond donors (Lipinski definition) is 1. The average molecular weight is 420 g/mol. The maximum absolute atomic E-state index is 12.4. The van der Waals surface area contributed by atoms with E-state index in [1.165, 1.54) is 0 Å². The van der Waals surface area contributed by atoms with Crippen LogP contribution < -0.4 is 5.73 Å². The summed E-state index contributed by atoms with van der Waals surface area (Å²) >= 11 is 7.00. The van der Waals surface area contributed by atoms with Crippen LogP contribution in [-0.4, -0.2) is 37.1 Å². The number of amides is 1. The molecule has 1 aromatic carbocycles. The third-order valence-corrected chi connectivity index (χ3v) is 5.69. The molecule has 2 N–H and O–H groups in total. The number of nitrogens with zero attached hydrogens (tertiary/aromatic N) is 1. The van der Waals surface area contributed by atoms with Crippen LogP contribution in [0, 0.1) is 0 Å². The Hall–Kier alpha value is -0.430. The summed E-state index contributed by atoms with van der Waals surface area (Å²) in [4.78, 5) is 14.3. The standard InChI is InChI=1S/C15H20Br2N2O2/c1-21-8-7-19-14(20)4-2-3-13(18)15(19)10-5-6-11(16)12(17)9-10/h5-6,9,13,15H,2-4,7-8,18H2,1H3. The lowest BCUT2D eigenvalue weighted by molar-refractivity contribution is -0.134. The van der Waals surface area contributed by atoms with Crippen molar-refractivity contribution < 1.29 is 9.53 Å². The van der Waals surface area contributed by atoms with Gasteiger partial charge in [-0.25, -0.2) is 0 Å². The molecule has 21 heavy (non-hydrogen) atoms. The van der Waals surface area contributed by atoms with E-state index in [9.17, 15) is 4.79 Å². The van der Waals surface area contributed by atoms with Gasteiger partial charge in [-0.15, -0.1) is 0 Å². The van der Waals surface area contributed by atoms with E-state index in [0.29, 0.717) is 19.6 Å². The molecule has 4 nitrogen and oxygen atoms in total. The molecule has 1 amide bonds. The molecular weight excluding hydrogens is 400 g/mol. The summed E-state index contributed by atoms with van der Waals surface area (Å²) < 4.78 is 7.10. The van der Waals surface area contributed by atoms with Crippen molar-refractivity contribution in [2.24, 2.45) is 5.73 Å². The first kappa shape index (κ1) is 16.9. The zero-order valence-electron chi connectivity index (χ0n) is 12.0. The van der Waals surface area contributed by atoms with Crippen LogP contribution in [0.15, 0.2) is 27.1 Å². The van der Waals surface area contributed by atoms with E-state index in [0.717, 1.165) is 27.4 Å². The highest BCUT2D eigenvalue weighted by Gasteiger charge is 2.32. The predicted molar refractivity (Wildman–Crippen MR) is 90.0 cm³/mol. The number of methoxy groups -OCH3 is 1. The van der Waals surface area contributed by atoms with Crippen LogP contribution >= 0.6 is 31.9 Å². The second-order valence-corrected chi connectivity index (χ2v) is 6.96. The Labute approximate surface area is 142 Å². The van der Waals surface area contributed by atoms with E-state index in [4.69, 9.17) is 10.5 Å². The van der Waals surface area contributed by atoms with Crippen molar-refractivity contribution in [1.29, 1.82) is 0 Å². The SMILES string of the molecule is COCCN1C(=O)CCCC(N)C1c1ccc(Br)c(Br)c1. The Morgan fingerprint density at radius 2 is 2.14 bits per heavy atom. The summed E-state index contributed by atoms with van der Waals surface area (Å²) in [5, 5.41) is 0. The minimum absolute atomic E-state index is 0.0543. The first-order chi connectivity index (χ1) is 10.0. The second-order valence-electron chi connectivity index (χ2n) is 5.25. The number of ether oxygens (including phenoxy) is 1. The zero-order valence-corrected chi connectivity index (χ0v) is 15.2. The fourth-order valence-electron chi connectivity index (χ4n) is 2.75. The Kier molecular flexibility index (Phi) is 6.22. The highest BCUT2D eigenvalue weighted by Crippen LogP contribution is 2.33. The van der Waals surface area contributed by atoms with Crippen molar-refractivity contribution >= 4 is 37.8 Å². The van der Waals surface area contributed by atoms with Crippen LogP contribution in [0.3, 0.4) is 0 Å².